The van der Waals surface area contributed by atoms with E-state index >= 15 is 0 Å². The Hall–Kier alpha value is -0.130. The zero-order valence-electron chi connectivity index (χ0n) is 10.4. The van der Waals surface area contributed by atoms with Crippen LogP contribution in [-0.4, -0.2) is 23.5 Å². The van der Waals surface area contributed by atoms with Gasteiger partial charge < -0.3 is 0 Å². The third-order valence-electron chi connectivity index (χ3n) is 3.67. The Kier molecular flexibility index (Phi) is 4.10. The van der Waals surface area contributed by atoms with Crippen molar-refractivity contribution in [3.8, 4) is 0 Å². The SMILES string of the molecule is CC(C)(C(NN)c1ccc(Cl)s1)N1CCCC1. The molecule has 2 rings (SSSR count). The monoisotopic (exact) mass is 273 g/mol. The smallest absolute Gasteiger partial charge is 0.0931 e. The van der Waals surface area contributed by atoms with Gasteiger partial charge >= 0.3 is 0 Å². The van der Waals surface area contributed by atoms with Gasteiger partial charge in [0, 0.05) is 10.4 Å². The number of hydrogen-bond donors (Lipinski definition) is 2. The Morgan fingerprint density at radius 3 is 2.53 bits per heavy atom. The highest BCUT2D eigenvalue weighted by molar-refractivity contribution is 7.16. The Morgan fingerprint density at radius 2 is 2.06 bits per heavy atom. The van der Waals surface area contributed by atoms with Gasteiger partial charge in [-0.3, -0.25) is 16.2 Å². The van der Waals surface area contributed by atoms with E-state index in [2.05, 4.69) is 30.2 Å². The maximum Gasteiger partial charge on any atom is 0.0931 e. The van der Waals surface area contributed by atoms with E-state index in [-0.39, 0.29) is 11.6 Å². The molecule has 1 saturated heterocycles. The van der Waals surface area contributed by atoms with E-state index in [0.29, 0.717) is 0 Å². The van der Waals surface area contributed by atoms with E-state index in [1.807, 2.05) is 6.07 Å². The van der Waals surface area contributed by atoms with E-state index in [4.69, 9.17) is 17.4 Å². The van der Waals surface area contributed by atoms with E-state index in [9.17, 15) is 0 Å². The summed E-state index contributed by atoms with van der Waals surface area (Å²) in [5.74, 6) is 5.75. The van der Waals surface area contributed by atoms with Gasteiger partial charge in [0.05, 0.1) is 10.4 Å². The lowest BCUT2D eigenvalue weighted by Gasteiger charge is -2.41. The number of likely N-dealkylation sites (tertiary alicyclic amines) is 1. The van der Waals surface area contributed by atoms with Crippen LogP contribution in [0.1, 0.15) is 37.6 Å². The van der Waals surface area contributed by atoms with Crippen LogP contribution in [0.5, 0.6) is 0 Å². The van der Waals surface area contributed by atoms with Crippen LogP contribution in [0.4, 0.5) is 0 Å². The number of thiophene rings is 1. The fourth-order valence-corrected chi connectivity index (χ4v) is 3.90. The molecule has 0 spiro atoms. The summed E-state index contributed by atoms with van der Waals surface area (Å²) in [6.07, 6.45) is 2.57. The molecule has 1 fully saturated rings. The number of hydrogen-bond acceptors (Lipinski definition) is 4. The van der Waals surface area contributed by atoms with Crippen LogP contribution in [0, 0.1) is 0 Å². The number of rotatable bonds is 4. The molecule has 96 valence electrons. The second-order valence-electron chi connectivity index (χ2n) is 5.09. The molecular weight excluding hydrogens is 254 g/mol. The molecule has 17 heavy (non-hydrogen) atoms. The molecule has 2 heterocycles. The van der Waals surface area contributed by atoms with Crippen molar-refractivity contribution in [2.45, 2.75) is 38.3 Å². The quantitative estimate of drug-likeness (QED) is 0.655. The van der Waals surface area contributed by atoms with Gasteiger partial charge in [0.15, 0.2) is 0 Å². The minimum absolute atomic E-state index is 0.0133. The van der Waals surface area contributed by atoms with Gasteiger partial charge in [-0.25, -0.2) is 0 Å². The first-order chi connectivity index (χ1) is 8.05. The van der Waals surface area contributed by atoms with Gasteiger partial charge in [0.25, 0.3) is 0 Å². The van der Waals surface area contributed by atoms with Crippen molar-refractivity contribution in [2.24, 2.45) is 5.84 Å². The van der Waals surface area contributed by atoms with Crippen LogP contribution < -0.4 is 11.3 Å². The Bertz CT molecular complexity index is 372. The summed E-state index contributed by atoms with van der Waals surface area (Å²) in [6, 6.07) is 4.12. The summed E-state index contributed by atoms with van der Waals surface area (Å²) in [6.45, 7) is 6.81. The van der Waals surface area contributed by atoms with Gasteiger partial charge in [0.1, 0.15) is 0 Å². The Balaban J connectivity index is 2.21. The second kappa shape index (κ2) is 5.24. The Labute approximate surface area is 112 Å². The molecule has 0 bridgehead atoms. The van der Waals surface area contributed by atoms with Gasteiger partial charge in [-0.05, 0) is 51.9 Å². The van der Waals surface area contributed by atoms with Gasteiger partial charge in [-0.15, -0.1) is 11.3 Å². The molecule has 5 heteroatoms. The lowest BCUT2D eigenvalue weighted by atomic mass is 9.92. The molecule has 0 saturated carbocycles. The largest absolute Gasteiger partial charge is 0.296 e. The first-order valence-electron chi connectivity index (χ1n) is 6.02. The predicted molar refractivity (Wildman–Crippen MR) is 74.3 cm³/mol. The zero-order valence-corrected chi connectivity index (χ0v) is 11.9. The van der Waals surface area contributed by atoms with Crippen molar-refractivity contribution in [3.05, 3.63) is 21.3 Å². The van der Waals surface area contributed by atoms with Crippen LogP contribution >= 0.6 is 22.9 Å². The second-order valence-corrected chi connectivity index (χ2v) is 6.84. The third-order valence-corrected chi connectivity index (χ3v) is 4.97. The fourth-order valence-electron chi connectivity index (χ4n) is 2.59. The van der Waals surface area contributed by atoms with Gasteiger partial charge in [-0.1, -0.05) is 11.6 Å². The molecule has 1 aliphatic rings. The summed E-state index contributed by atoms with van der Waals surface area (Å²) in [4.78, 5) is 3.71. The maximum absolute atomic E-state index is 6.01. The number of halogens is 1. The van der Waals surface area contributed by atoms with Crippen LogP contribution in [-0.2, 0) is 0 Å². The van der Waals surface area contributed by atoms with Gasteiger partial charge in [0.2, 0.25) is 0 Å². The molecule has 1 aromatic rings. The molecule has 1 unspecified atom stereocenters. The van der Waals surface area contributed by atoms with Gasteiger partial charge in [-0.2, -0.15) is 0 Å². The predicted octanol–water partition coefficient (Wildman–Crippen LogP) is 2.78. The van der Waals surface area contributed by atoms with E-state index in [0.717, 1.165) is 17.4 Å². The molecule has 0 aromatic carbocycles. The molecule has 3 N–H and O–H groups in total. The fraction of sp³-hybridized carbons (Fsp3) is 0.667. The van der Waals surface area contributed by atoms with Crippen LogP contribution in [0.15, 0.2) is 12.1 Å². The highest BCUT2D eigenvalue weighted by Gasteiger charge is 2.37. The minimum atomic E-state index is 0.0133. The van der Waals surface area contributed by atoms with Crippen molar-refractivity contribution in [3.63, 3.8) is 0 Å². The topological polar surface area (TPSA) is 41.3 Å². The molecule has 0 radical (unpaired) electrons. The highest BCUT2D eigenvalue weighted by atomic mass is 35.5. The lowest BCUT2D eigenvalue weighted by molar-refractivity contribution is 0.108. The molecule has 3 nitrogen and oxygen atoms in total. The van der Waals surface area contributed by atoms with E-state index in [1.165, 1.54) is 17.7 Å². The molecule has 1 aromatic heterocycles. The normalized spacial score (nSPS) is 19.8. The number of nitrogens with zero attached hydrogens (tertiary/aromatic N) is 1. The summed E-state index contributed by atoms with van der Waals surface area (Å²) in [5, 5.41) is 0. The molecule has 0 aliphatic carbocycles. The van der Waals surface area contributed by atoms with Crippen LogP contribution in [0.2, 0.25) is 4.34 Å². The molecular formula is C12H20ClN3S. The lowest BCUT2D eigenvalue weighted by Crippen LogP contribution is -2.52. The molecule has 1 atom stereocenters. The zero-order chi connectivity index (χ0) is 12.5. The Morgan fingerprint density at radius 1 is 1.41 bits per heavy atom. The minimum Gasteiger partial charge on any atom is -0.296 e. The number of nitrogens with one attached hydrogen (secondary N) is 1. The number of hydrazine groups is 1. The average molecular weight is 274 g/mol. The van der Waals surface area contributed by atoms with Crippen molar-refractivity contribution >= 4 is 22.9 Å². The molecule has 1 aliphatic heterocycles. The standard InChI is InChI=1S/C12H20ClN3S/c1-12(2,16-7-3-4-8-16)11(15-14)9-5-6-10(13)17-9/h5-6,11,15H,3-4,7-8,14H2,1-2H3. The van der Waals surface area contributed by atoms with E-state index < -0.39 is 0 Å². The molecule has 0 amide bonds. The summed E-state index contributed by atoms with van der Waals surface area (Å²) in [5.41, 5.74) is 2.97. The number of nitrogens with two attached hydrogens (primary N) is 1. The first-order valence-corrected chi connectivity index (χ1v) is 7.21. The average Bonchev–Trinajstić information content (AvgIpc) is 2.89. The summed E-state index contributed by atoms with van der Waals surface area (Å²) < 4.78 is 0.817. The first kappa shape index (κ1) is 13.3. The summed E-state index contributed by atoms with van der Waals surface area (Å²) >= 11 is 7.61. The highest BCUT2D eigenvalue weighted by Crippen LogP contribution is 2.37. The van der Waals surface area contributed by atoms with Crippen molar-refractivity contribution < 1.29 is 0 Å². The van der Waals surface area contributed by atoms with Crippen molar-refractivity contribution in [1.82, 2.24) is 10.3 Å². The van der Waals surface area contributed by atoms with Crippen molar-refractivity contribution in [2.75, 3.05) is 13.1 Å². The maximum atomic E-state index is 6.01. The van der Waals surface area contributed by atoms with Crippen molar-refractivity contribution in [1.29, 1.82) is 0 Å². The van der Waals surface area contributed by atoms with Crippen LogP contribution in [0.25, 0.3) is 0 Å². The summed E-state index contributed by atoms with van der Waals surface area (Å²) in [7, 11) is 0. The third kappa shape index (κ3) is 2.66. The van der Waals surface area contributed by atoms with Crippen LogP contribution in [0.3, 0.4) is 0 Å². The van der Waals surface area contributed by atoms with E-state index in [1.54, 1.807) is 11.3 Å².